The zero-order valence-corrected chi connectivity index (χ0v) is 11.3. The summed E-state index contributed by atoms with van der Waals surface area (Å²) in [5.41, 5.74) is 0.232. The summed E-state index contributed by atoms with van der Waals surface area (Å²) in [6, 6.07) is 6.77. The molecule has 0 unspecified atom stereocenters. The van der Waals surface area contributed by atoms with Gasteiger partial charge in [-0.15, -0.1) is 0 Å². The Labute approximate surface area is 121 Å². The Morgan fingerprint density at radius 1 is 0.864 bits per heavy atom. The highest BCUT2D eigenvalue weighted by Gasteiger charge is 2.26. The van der Waals surface area contributed by atoms with Crippen LogP contribution < -0.4 is 0 Å². The van der Waals surface area contributed by atoms with E-state index in [4.69, 9.17) is 0 Å². The molecule has 0 aliphatic heterocycles. The van der Waals surface area contributed by atoms with Crippen LogP contribution in [0.2, 0.25) is 0 Å². The van der Waals surface area contributed by atoms with Gasteiger partial charge in [0.1, 0.15) is 5.82 Å². The molecule has 2 nitrogen and oxygen atoms in total. The third kappa shape index (κ3) is 2.04. The van der Waals surface area contributed by atoms with Gasteiger partial charge in [0.25, 0.3) is 0 Å². The number of halogens is 5. The van der Waals surface area contributed by atoms with Crippen molar-refractivity contribution in [1.82, 2.24) is 9.55 Å². The number of fused-ring (bicyclic) bond motifs is 1. The fraction of sp³-hybridized carbons (Fsp3) is 0.133. The Balaban J connectivity index is 2.20. The predicted octanol–water partition coefficient (Wildman–Crippen LogP) is 4.09. The second kappa shape index (κ2) is 5.08. The summed E-state index contributed by atoms with van der Waals surface area (Å²) in [6.07, 6.45) is 0. The van der Waals surface area contributed by atoms with E-state index in [1.54, 1.807) is 31.2 Å². The summed E-state index contributed by atoms with van der Waals surface area (Å²) in [6.45, 7) is 1.09. The molecule has 0 N–H and O–H groups in total. The van der Waals surface area contributed by atoms with Crippen LogP contribution in [0.4, 0.5) is 22.0 Å². The Kier molecular flexibility index (Phi) is 3.35. The lowest BCUT2D eigenvalue weighted by Gasteiger charge is -2.11. The van der Waals surface area contributed by atoms with Crippen molar-refractivity contribution in [3.05, 3.63) is 64.7 Å². The Morgan fingerprint density at radius 3 is 2.05 bits per heavy atom. The summed E-state index contributed by atoms with van der Waals surface area (Å²) >= 11 is 0. The van der Waals surface area contributed by atoms with Crippen LogP contribution in [0.25, 0.3) is 11.0 Å². The predicted molar refractivity (Wildman–Crippen MR) is 69.8 cm³/mol. The maximum Gasteiger partial charge on any atom is 0.200 e. The van der Waals surface area contributed by atoms with E-state index in [0.717, 1.165) is 0 Å². The lowest BCUT2D eigenvalue weighted by atomic mass is 10.1. The van der Waals surface area contributed by atoms with Crippen LogP contribution in [-0.4, -0.2) is 9.55 Å². The molecule has 0 saturated carbocycles. The van der Waals surface area contributed by atoms with Gasteiger partial charge in [0, 0.05) is 5.56 Å². The molecule has 0 radical (unpaired) electrons. The number of rotatable bonds is 2. The molecule has 0 spiro atoms. The molecule has 3 aromatic rings. The minimum atomic E-state index is -2.16. The van der Waals surface area contributed by atoms with Gasteiger partial charge in [0.15, 0.2) is 23.3 Å². The summed E-state index contributed by atoms with van der Waals surface area (Å²) in [5, 5.41) is 0. The molecule has 114 valence electrons. The first kappa shape index (κ1) is 14.5. The number of hydrogen-bond acceptors (Lipinski definition) is 1. The van der Waals surface area contributed by atoms with Crippen molar-refractivity contribution in [2.45, 2.75) is 13.5 Å². The topological polar surface area (TPSA) is 17.8 Å². The fourth-order valence-electron chi connectivity index (χ4n) is 2.34. The third-order valence-electron chi connectivity index (χ3n) is 3.46. The van der Waals surface area contributed by atoms with Crippen molar-refractivity contribution in [2.75, 3.05) is 0 Å². The van der Waals surface area contributed by atoms with E-state index < -0.39 is 41.2 Å². The van der Waals surface area contributed by atoms with E-state index in [9.17, 15) is 22.0 Å². The quantitative estimate of drug-likeness (QED) is 0.396. The van der Waals surface area contributed by atoms with Gasteiger partial charge in [-0.3, -0.25) is 0 Å². The number of aryl methyl sites for hydroxylation is 1. The van der Waals surface area contributed by atoms with Crippen molar-refractivity contribution in [1.29, 1.82) is 0 Å². The minimum Gasteiger partial charge on any atom is -0.323 e. The van der Waals surface area contributed by atoms with E-state index in [2.05, 4.69) is 4.98 Å². The SMILES string of the molecule is Cc1nc2ccccc2n1Cc1c(F)c(F)c(F)c(F)c1F. The summed E-state index contributed by atoms with van der Waals surface area (Å²) in [7, 11) is 0. The zero-order valence-electron chi connectivity index (χ0n) is 11.3. The molecule has 1 heterocycles. The number of para-hydroxylation sites is 2. The Bertz CT molecular complexity index is 856. The maximum atomic E-state index is 13.8. The van der Waals surface area contributed by atoms with Crippen LogP contribution in [0.1, 0.15) is 11.4 Å². The average Bonchev–Trinajstić information content (AvgIpc) is 2.83. The number of aromatic nitrogens is 2. The summed E-state index contributed by atoms with van der Waals surface area (Å²) in [4.78, 5) is 4.19. The minimum absolute atomic E-state index is 0.408. The van der Waals surface area contributed by atoms with Gasteiger partial charge < -0.3 is 4.57 Å². The first-order chi connectivity index (χ1) is 10.4. The maximum absolute atomic E-state index is 13.8. The van der Waals surface area contributed by atoms with E-state index >= 15 is 0 Å². The molecule has 0 atom stereocenters. The molecule has 0 bridgehead atoms. The first-order valence-electron chi connectivity index (χ1n) is 6.34. The van der Waals surface area contributed by atoms with E-state index in [1.807, 2.05) is 0 Å². The van der Waals surface area contributed by atoms with Crippen LogP contribution in [0.15, 0.2) is 24.3 Å². The van der Waals surface area contributed by atoms with Crippen molar-refractivity contribution in [3.63, 3.8) is 0 Å². The molecule has 3 rings (SSSR count). The molecule has 2 aromatic carbocycles. The van der Waals surface area contributed by atoms with Crippen LogP contribution >= 0.6 is 0 Å². The van der Waals surface area contributed by atoms with Gasteiger partial charge in [-0.25, -0.2) is 26.9 Å². The number of hydrogen-bond donors (Lipinski definition) is 0. The largest absolute Gasteiger partial charge is 0.323 e. The van der Waals surface area contributed by atoms with Crippen LogP contribution in [0.3, 0.4) is 0 Å². The highest BCUT2D eigenvalue weighted by atomic mass is 19.2. The van der Waals surface area contributed by atoms with Crippen molar-refractivity contribution < 1.29 is 22.0 Å². The van der Waals surface area contributed by atoms with Crippen LogP contribution in [-0.2, 0) is 6.54 Å². The second-order valence-corrected chi connectivity index (χ2v) is 4.78. The van der Waals surface area contributed by atoms with E-state index in [0.29, 0.717) is 16.9 Å². The summed E-state index contributed by atoms with van der Waals surface area (Å²) in [5.74, 6) is -9.30. The molecular weight excluding hydrogens is 303 g/mol. The zero-order chi connectivity index (χ0) is 16.0. The molecule has 0 saturated heterocycles. The molecule has 0 amide bonds. The lowest BCUT2D eigenvalue weighted by Crippen LogP contribution is -2.12. The normalized spacial score (nSPS) is 11.4. The molecular formula is C15H9F5N2. The number of imidazole rings is 1. The monoisotopic (exact) mass is 312 g/mol. The molecule has 1 aromatic heterocycles. The number of benzene rings is 2. The van der Waals surface area contributed by atoms with Crippen LogP contribution in [0.5, 0.6) is 0 Å². The van der Waals surface area contributed by atoms with Gasteiger partial charge in [0.2, 0.25) is 5.82 Å². The van der Waals surface area contributed by atoms with Crippen molar-refractivity contribution in [2.24, 2.45) is 0 Å². The highest BCUT2D eigenvalue weighted by Crippen LogP contribution is 2.25. The van der Waals surface area contributed by atoms with Gasteiger partial charge in [0.05, 0.1) is 17.6 Å². The molecule has 22 heavy (non-hydrogen) atoms. The van der Waals surface area contributed by atoms with Crippen molar-refractivity contribution in [3.8, 4) is 0 Å². The molecule has 0 aliphatic carbocycles. The third-order valence-corrected chi connectivity index (χ3v) is 3.46. The highest BCUT2D eigenvalue weighted by molar-refractivity contribution is 5.75. The van der Waals surface area contributed by atoms with Gasteiger partial charge >= 0.3 is 0 Å². The van der Waals surface area contributed by atoms with Crippen LogP contribution in [0, 0.1) is 36.0 Å². The standard InChI is InChI=1S/C15H9F5N2/c1-7-21-9-4-2-3-5-10(9)22(7)6-8-11(16)13(18)15(20)14(19)12(8)17/h2-5H,6H2,1H3. The van der Waals surface area contributed by atoms with Gasteiger partial charge in [-0.2, -0.15) is 0 Å². The summed E-state index contributed by atoms with van der Waals surface area (Å²) < 4.78 is 68.5. The van der Waals surface area contributed by atoms with E-state index in [-0.39, 0.29) is 0 Å². The smallest absolute Gasteiger partial charge is 0.200 e. The van der Waals surface area contributed by atoms with Gasteiger partial charge in [-0.05, 0) is 19.1 Å². The number of nitrogens with zero attached hydrogens (tertiary/aromatic N) is 2. The Hall–Kier alpha value is -2.44. The lowest BCUT2D eigenvalue weighted by molar-refractivity contribution is 0.368. The van der Waals surface area contributed by atoms with Gasteiger partial charge in [-0.1, -0.05) is 12.1 Å². The second-order valence-electron chi connectivity index (χ2n) is 4.78. The molecule has 7 heteroatoms. The molecule has 0 fully saturated rings. The van der Waals surface area contributed by atoms with Crippen molar-refractivity contribution >= 4 is 11.0 Å². The fourth-order valence-corrected chi connectivity index (χ4v) is 2.34. The van der Waals surface area contributed by atoms with E-state index in [1.165, 1.54) is 4.57 Å². The Morgan fingerprint density at radius 2 is 1.41 bits per heavy atom. The molecule has 0 aliphatic rings. The average molecular weight is 312 g/mol. The first-order valence-corrected chi connectivity index (χ1v) is 6.34.